The molecule has 2 heterocycles. The van der Waals surface area contributed by atoms with Crippen LogP contribution in [0.1, 0.15) is 64.5 Å². The van der Waals surface area contributed by atoms with Crippen molar-refractivity contribution in [2.45, 2.75) is 88.6 Å². The Kier molecular flexibility index (Phi) is 3.79. The molecule has 0 amide bonds. The lowest BCUT2D eigenvalue weighted by molar-refractivity contribution is -0.303. The number of hydrogen-bond acceptors (Lipinski definition) is 5. The maximum absolute atomic E-state index is 12.0. The molecule has 1 saturated heterocycles. The van der Waals surface area contributed by atoms with Gasteiger partial charge in [0.1, 0.15) is 11.7 Å². The van der Waals surface area contributed by atoms with Gasteiger partial charge in [-0.05, 0) is 62.6 Å². The monoisotopic (exact) mass is 427 g/mol. The smallest absolute Gasteiger partial charge is 0.165 e. The average molecular weight is 428 g/mol. The van der Waals surface area contributed by atoms with E-state index in [0.717, 1.165) is 50.1 Å². The maximum Gasteiger partial charge on any atom is 0.165 e. The largest absolute Gasteiger partial charge is 0.493 e. The van der Waals surface area contributed by atoms with Crippen LogP contribution in [0.25, 0.3) is 0 Å². The SMILES string of the molecule is COc1ccc2c3c1O[C@@H]1C34CCNC(C2)[C@]42CC[C@@]1(OC)[C@@H]([C@](C)(O)C(C)(C)C)C2. The van der Waals surface area contributed by atoms with E-state index in [1.54, 1.807) is 7.11 Å². The van der Waals surface area contributed by atoms with Crippen molar-refractivity contribution in [3.63, 3.8) is 0 Å². The minimum atomic E-state index is -0.880. The predicted octanol–water partition coefficient (Wildman–Crippen LogP) is 3.59. The van der Waals surface area contributed by atoms with Crippen molar-refractivity contribution in [1.29, 1.82) is 0 Å². The number of hydrogen-bond donors (Lipinski definition) is 2. The molecule has 2 spiro atoms. The molecule has 2 aliphatic heterocycles. The minimum Gasteiger partial charge on any atom is -0.493 e. The van der Waals surface area contributed by atoms with Gasteiger partial charge >= 0.3 is 0 Å². The number of rotatable bonds is 3. The van der Waals surface area contributed by atoms with E-state index in [1.807, 2.05) is 14.0 Å². The molecule has 1 aromatic carbocycles. The summed E-state index contributed by atoms with van der Waals surface area (Å²) in [7, 11) is 3.57. The molecule has 4 fully saturated rings. The Morgan fingerprint density at radius 1 is 1.13 bits per heavy atom. The number of ether oxygens (including phenoxy) is 3. The van der Waals surface area contributed by atoms with Crippen molar-refractivity contribution in [2.24, 2.45) is 16.7 Å². The molecule has 5 heteroatoms. The summed E-state index contributed by atoms with van der Waals surface area (Å²) < 4.78 is 19.3. The first kappa shape index (κ1) is 20.3. The Morgan fingerprint density at radius 3 is 2.58 bits per heavy atom. The van der Waals surface area contributed by atoms with Crippen molar-refractivity contribution in [2.75, 3.05) is 20.8 Å². The van der Waals surface area contributed by atoms with Gasteiger partial charge in [-0.25, -0.2) is 0 Å². The second-order valence-corrected chi connectivity index (χ2v) is 12.0. The molecule has 6 aliphatic rings. The van der Waals surface area contributed by atoms with Crippen LogP contribution < -0.4 is 14.8 Å². The van der Waals surface area contributed by atoms with Crippen LogP contribution in [0.2, 0.25) is 0 Å². The van der Waals surface area contributed by atoms with Crippen molar-refractivity contribution in [1.82, 2.24) is 5.32 Å². The van der Waals surface area contributed by atoms with Crippen molar-refractivity contribution in [3.8, 4) is 11.5 Å². The molecule has 5 nitrogen and oxygen atoms in total. The van der Waals surface area contributed by atoms with Crippen LogP contribution in [-0.4, -0.2) is 49.2 Å². The van der Waals surface area contributed by atoms with Crippen molar-refractivity contribution < 1.29 is 19.3 Å². The van der Waals surface area contributed by atoms with Gasteiger partial charge in [-0.3, -0.25) is 0 Å². The van der Waals surface area contributed by atoms with Crippen LogP contribution in [0, 0.1) is 16.7 Å². The summed E-state index contributed by atoms with van der Waals surface area (Å²) in [6.45, 7) is 9.48. The van der Waals surface area contributed by atoms with Gasteiger partial charge < -0.3 is 24.6 Å². The molecule has 0 aromatic heterocycles. The number of nitrogens with one attached hydrogen (secondary N) is 1. The third kappa shape index (κ3) is 1.98. The van der Waals surface area contributed by atoms with Gasteiger partial charge in [-0.1, -0.05) is 26.8 Å². The zero-order chi connectivity index (χ0) is 22.0. The topological polar surface area (TPSA) is 60.0 Å². The van der Waals surface area contributed by atoms with Gasteiger partial charge in [0.25, 0.3) is 0 Å². The van der Waals surface area contributed by atoms with Crippen LogP contribution >= 0.6 is 0 Å². The fourth-order valence-corrected chi connectivity index (χ4v) is 8.68. The van der Waals surface area contributed by atoms with Gasteiger partial charge in [0.05, 0.1) is 12.7 Å². The summed E-state index contributed by atoms with van der Waals surface area (Å²) in [5, 5.41) is 15.9. The van der Waals surface area contributed by atoms with Crippen molar-refractivity contribution >= 4 is 0 Å². The van der Waals surface area contributed by atoms with E-state index in [4.69, 9.17) is 14.2 Å². The molecule has 3 saturated carbocycles. The second-order valence-electron chi connectivity index (χ2n) is 12.0. The molecule has 1 aromatic rings. The highest BCUT2D eigenvalue weighted by Gasteiger charge is 2.81. The zero-order valence-electron chi connectivity index (χ0n) is 19.8. The fraction of sp³-hybridized carbons (Fsp3) is 0.769. The Bertz CT molecular complexity index is 951. The van der Waals surface area contributed by atoms with Crippen LogP contribution in [0.4, 0.5) is 0 Å². The number of piperidine rings is 1. The molecule has 0 radical (unpaired) electrons. The lowest BCUT2D eigenvalue weighted by Gasteiger charge is -2.74. The number of methoxy groups -OCH3 is 2. The number of fused-ring (bicyclic) bond motifs is 2. The summed E-state index contributed by atoms with van der Waals surface area (Å²) in [6, 6.07) is 4.73. The molecule has 2 unspecified atom stereocenters. The highest BCUT2D eigenvalue weighted by molar-refractivity contribution is 5.63. The molecule has 31 heavy (non-hydrogen) atoms. The van der Waals surface area contributed by atoms with E-state index in [-0.39, 0.29) is 28.3 Å². The van der Waals surface area contributed by atoms with Gasteiger partial charge in [0.2, 0.25) is 0 Å². The molecular formula is C26H37NO4. The van der Waals surface area contributed by atoms with E-state index in [2.05, 4.69) is 38.2 Å². The maximum atomic E-state index is 12.0. The van der Waals surface area contributed by atoms with E-state index in [9.17, 15) is 5.11 Å². The molecular weight excluding hydrogens is 390 g/mol. The van der Waals surface area contributed by atoms with Crippen LogP contribution in [0.5, 0.6) is 11.5 Å². The van der Waals surface area contributed by atoms with E-state index < -0.39 is 11.2 Å². The van der Waals surface area contributed by atoms with Gasteiger partial charge in [0.15, 0.2) is 11.5 Å². The summed E-state index contributed by atoms with van der Waals surface area (Å²) in [5.74, 6) is 1.77. The Hall–Kier alpha value is -1.30. The third-order valence-electron chi connectivity index (χ3n) is 10.6. The van der Waals surface area contributed by atoms with E-state index in [0.29, 0.717) is 6.04 Å². The quantitative estimate of drug-likeness (QED) is 0.772. The Balaban J connectivity index is 1.64. The molecule has 7 atom stereocenters. The van der Waals surface area contributed by atoms with Crippen molar-refractivity contribution in [3.05, 3.63) is 23.3 Å². The Morgan fingerprint density at radius 2 is 1.90 bits per heavy atom. The van der Waals surface area contributed by atoms with Crippen LogP contribution in [0.15, 0.2) is 12.1 Å². The van der Waals surface area contributed by atoms with Gasteiger partial charge in [-0.2, -0.15) is 0 Å². The lowest BCUT2D eigenvalue weighted by Crippen LogP contribution is -2.83. The molecule has 2 N–H and O–H groups in total. The first-order chi connectivity index (χ1) is 14.6. The minimum absolute atomic E-state index is 0.00105. The highest BCUT2D eigenvalue weighted by atomic mass is 16.6. The average Bonchev–Trinajstić information content (AvgIpc) is 3.09. The van der Waals surface area contributed by atoms with E-state index in [1.165, 1.54) is 11.1 Å². The highest BCUT2D eigenvalue weighted by Crippen LogP contribution is 2.77. The lowest BCUT2D eigenvalue weighted by atomic mass is 9.33. The first-order valence-corrected chi connectivity index (χ1v) is 12.0. The summed E-state index contributed by atoms with van der Waals surface area (Å²) in [6.07, 6.45) is 4.99. The molecule has 4 bridgehead atoms. The van der Waals surface area contributed by atoms with E-state index >= 15 is 0 Å². The molecule has 4 aliphatic carbocycles. The number of benzene rings is 1. The second kappa shape index (κ2) is 5.78. The van der Waals surface area contributed by atoms with Crippen LogP contribution in [-0.2, 0) is 16.6 Å². The first-order valence-electron chi connectivity index (χ1n) is 12.0. The summed E-state index contributed by atoms with van der Waals surface area (Å²) in [4.78, 5) is 0. The summed E-state index contributed by atoms with van der Waals surface area (Å²) in [5.41, 5.74) is 1.13. The summed E-state index contributed by atoms with van der Waals surface area (Å²) >= 11 is 0. The molecule has 7 rings (SSSR count). The van der Waals surface area contributed by atoms with Gasteiger partial charge in [-0.15, -0.1) is 0 Å². The zero-order valence-corrected chi connectivity index (χ0v) is 19.8. The normalized spacial score (nSPS) is 43.8. The Labute approximate surface area is 185 Å². The fourth-order valence-electron chi connectivity index (χ4n) is 8.68. The number of aliphatic hydroxyl groups is 1. The predicted molar refractivity (Wildman–Crippen MR) is 119 cm³/mol. The standard InChI is InChI=1S/C26H37NO4/c1-22(2,3)23(4,28)17-14-24-9-10-26(17,30-6)21-25(24)11-12-27-18(24)13-15-7-8-16(29-5)20(31-21)19(15)25/h7-8,17-18,21,27-28H,9-14H2,1-6H3/t17-,18?,21-,23+,24-,25?,26-/m1/s1. The van der Waals surface area contributed by atoms with Crippen LogP contribution in [0.3, 0.4) is 0 Å². The van der Waals surface area contributed by atoms with Gasteiger partial charge in [0, 0.05) is 35.5 Å². The third-order valence-corrected chi connectivity index (χ3v) is 10.6. The molecule has 170 valence electrons.